The van der Waals surface area contributed by atoms with E-state index in [9.17, 15) is 0 Å². The van der Waals surface area contributed by atoms with Gasteiger partial charge in [0.25, 0.3) is 0 Å². The van der Waals surface area contributed by atoms with Crippen LogP contribution in [0.4, 0.5) is 0 Å². The lowest BCUT2D eigenvalue weighted by atomic mass is 10.0. The van der Waals surface area contributed by atoms with Crippen molar-refractivity contribution in [3.8, 4) is 11.3 Å². The fourth-order valence-electron chi connectivity index (χ4n) is 2.27. The molecule has 0 unspecified atom stereocenters. The van der Waals surface area contributed by atoms with Crippen molar-refractivity contribution in [2.24, 2.45) is 5.73 Å². The van der Waals surface area contributed by atoms with E-state index in [0.717, 1.165) is 22.9 Å². The highest BCUT2D eigenvalue weighted by Gasteiger charge is 2.14. The van der Waals surface area contributed by atoms with Gasteiger partial charge in [0.05, 0.1) is 5.69 Å². The van der Waals surface area contributed by atoms with Gasteiger partial charge in [0.2, 0.25) is 4.96 Å². The average Bonchev–Trinajstić information content (AvgIpc) is 2.96. The number of rotatable bonds is 3. The van der Waals surface area contributed by atoms with E-state index in [0.29, 0.717) is 6.54 Å². The average molecular weight is 272 g/mol. The Bertz CT molecular complexity index is 726. The van der Waals surface area contributed by atoms with Gasteiger partial charge in [-0.15, -0.1) is 21.5 Å². The summed E-state index contributed by atoms with van der Waals surface area (Å²) in [5.74, 6) is 0.939. The van der Waals surface area contributed by atoms with Gasteiger partial charge in [0, 0.05) is 17.4 Å². The Morgan fingerprint density at radius 1 is 1.26 bits per heavy atom. The standard InChI is InChI=1S/C14H16N4S/c1-9-3-4-10(2)11(7-9)12-8-19-14-17-16-13(5-6-15)18(12)14/h3-4,7-8H,5-6,15H2,1-2H3. The third-order valence-electron chi connectivity index (χ3n) is 3.25. The van der Waals surface area contributed by atoms with Crippen molar-refractivity contribution in [3.63, 3.8) is 0 Å². The zero-order valence-electron chi connectivity index (χ0n) is 11.1. The number of thiazole rings is 1. The SMILES string of the molecule is Cc1ccc(C)c(-c2csc3nnc(CCN)n23)c1. The van der Waals surface area contributed by atoms with Crippen LogP contribution in [0, 0.1) is 13.8 Å². The van der Waals surface area contributed by atoms with Crippen molar-refractivity contribution < 1.29 is 0 Å². The highest BCUT2D eigenvalue weighted by molar-refractivity contribution is 7.15. The summed E-state index contributed by atoms with van der Waals surface area (Å²) in [4.78, 5) is 0.930. The van der Waals surface area contributed by atoms with E-state index in [2.05, 4.69) is 52.0 Å². The first-order chi connectivity index (χ1) is 9.20. The Labute approximate surface area is 115 Å². The van der Waals surface area contributed by atoms with Crippen molar-refractivity contribution in [2.45, 2.75) is 20.3 Å². The molecule has 2 N–H and O–H groups in total. The Hall–Kier alpha value is -1.72. The van der Waals surface area contributed by atoms with Crippen molar-refractivity contribution in [1.29, 1.82) is 0 Å². The summed E-state index contributed by atoms with van der Waals surface area (Å²) in [6, 6.07) is 6.50. The van der Waals surface area contributed by atoms with E-state index in [1.807, 2.05) is 0 Å². The number of hydrogen-bond acceptors (Lipinski definition) is 4. The molecule has 2 heterocycles. The van der Waals surface area contributed by atoms with Crippen LogP contribution in [0.5, 0.6) is 0 Å². The molecule has 0 amide bonds. The molecule has 4 nitrogen and oxygen atoms in total. The predicted molar refractivity (Wildman–Crippen MR) is 78.5 cm³/mol. The van der Waals surface area contributed by atoms with Gasteiger partial charge >= 0.3 is 0 Å². The molecule has 0 aliphatic heterocycles. The first-order valence-electron chi connectivity index (χ1n) is 6.30. The first-order valence-corrected chi connectivity index (χ1v) is 7.18. The number of nitrogens with zero attached hydrogens (tertiary/aromatic N) is 3. The molecule has 0 saturated heterocycles. The molecule has 98 valence electrons. The Morgan fingerprint density at radius 2 is 2.11 bits per heavy atom. The van der Waals surface area contributed by atoms with Crippen LogP contribution in [0.25, 0.3) is 16.2 Å². The van der Waals surface area contributed by atoms with E-state index in [-0.39, 0.29) is 0 Å². The van der Waals surface area contributed by atoms with Crippen molar-refractivity contribution in [2.75, 3.05) is 6.54 Å². The van der Waals surface area contributed by atoms with E-state index in [1.54, 1.807) is 11.3 Å². The molecule has 0 fully saturated rings. The van der Waals surface area contributed by atoms with Crippen LogP contribution in [-0.4, -0.2) is 21.1 Å². The normalized spacial score (nSPS) is 11.3. The zero-order chi connectivity index (χ0) is 13.4. The number of aryl methyl sites for hydroxylation is 2. The van der Waals surface area contributed by atoms with Gasteiger partial charge in [0.1, 0.15) is 5.82 Å². The molecule has 1 aromatic carbocycles. The highest BCUT2D eigenvalue weighted by Crippen LogP contribution is 2.29. The van der Waals surface area contributed by atoms with Crippen LogP contribution in [0.2, 0.25) is 0 Å². The molecule has 0 saturated carbocycles. The maximum atomic E-state index is 5.64. The fourth-order valence-corrected chi connectivity index (χ4v) is 3.11. The number of benzene rings is 1. The Morgan fingerprint density at radius 3 is 2.89 bits per heavy atom. The van der Waals surface area contributed by atoms with Crippen LogP contribution in [0.1, 0.15) is 17.0 Å². The topological polar surface area (TPSA) is 56.2 Å². The summed E-state index contributed by atoms with van der Waals surface area (Å²) in [7, 11) is 0. The van der Waals surface area contributed by atoms with E-state index in [1.165, 1.54) is 16.7 Å². The minimum absolute atomic E-state index is 0.586. The smallest absolute Gasteiger partial charge is 0.216 e. The van der Waals surface area contributed by atoms with Crippen LogP contribution in [-0.2, 0) is 6.42 Å². The van der Waals surface area contributed by atoms with Gasteiger partial charge in [-0.3, -0.25) is 4.40 Å². The second-order valence-electron chi connectivity index (χ2n) is 4.71. The molecule has 0 bridgehead atoms. The summed E-state index contributed by atoms with van der Waals surface area (Å²) in [6.07, 6.45) is 0.746. The molecule has 0 radical (unpaired) electrons. The van der Waals surface area contributed by atoms with Gasteiger partial charge < -0.3 is 5.73 Å². The minimum Gasteiger partial charge on any atom is -0.330 e. The molecule has 0 aliphatic rings. The number of hydrogen-bond donors (Lipinski definition) is 1. The summed E-state index contributed by atoms with van der Waals surface area (Å²) in [5.41, 5.74) is 10.6. The lowest BCUT2D eigenvalue weighted by Crippen LogP contribution is -2.06. The van der Waals surface area contributed by atoms with Crippen LogP contribution in [0.3, 0.4) is 0 Å². The zero-order valence-corrected chi connectivity index (χ0v) is 11.9. The molecule has 19 heavy (non-hydrogen) atoms. The van der Waals surface area contributed by atoms with E-state index in [4.69, 9.17) is 5.73 Å². The van der Waals surface area contributed by atoms with Crippen molar-refractivity contribution >= 4 is 16.3 Å². The summed E-state index contributed by atoms with van der Waals surface area (Å²) in [6.45, 7) is 4.83. The lowest BCUT2D eigenvalue weighted by molar-refractivity contribution is 0.851. The lowest BCUT2D eigenvalue weighted by Gasteiger charge is -2.07. The van der Waals surface area contributed by atoms with Gasteiger partial charge in [-0.05, 0) is 32.0 Å². The quantitative estimate of drug-likeness (QED) is 0.797. The molecule has 5 heteroatoms. The molecule has 0 atom stereocenters. The molecule has 3 rings (SSSR count). The molecule has 0 spiro atoms. The second-order valence-corrected chi connectivity index (χ2v) is 5.55. The van der Waals surface area contributed by atoms with Crippen molar-refractivity contribution in [3.05, 3.63) is 40.5 Å². The Balaban J connectivity index is 2.24. The van der Waals surface area contributed by atoms with E-state index >= 15 is 0 Å². The van der Waals surface area contributed by atoms with Crippen LogP contribution < -0.4 is 5.73 Å². The highest BCUT2D eigenvalue weighted by atomic mass is 32.1. The van der Waals surface area contributed by atoms with E-state index < -0.39 is 0 Å². The van der Waals surface area contributed by atoms with Crippen LogP contribution >= 0.6 is 11.3 Å². The maximum absolute atomic E-state index is 5.64. The number of aromatic nitrogens is 3. The van der Waals surface area contributed by atoms with Gasteiger partial charge in [-0.25, -0.2) is 0 Å². The maximum Gasteiger partial charge on any atom is 0.216 e. The van der Waals surface area contributed by atoms with Gasteiger partial charge in [-0.2, -0.15) is 0 Å². The Kier molecular flexibility index (Phi) is 3.08. The predicted octanol–water partition coefficient (Wildman–Crippen LogP) is 2.58. The molecular weight excluding hydrogens is 256 g/mol. The van der Waals surface area contributed by atoms with Crippen molar-refractivity contribution in [1.82, 2.24) is 14.6 Å². The largest absolute Gasteiger partial charge is 0.330 e. The van der Waals surface area contributed by atoms with Gasteiger partial charge in [0.15, 0.2) is 0 Å². The molecule has 2 aromatic heterocycles. The summed E-state index contributed by atoms with van der Waals surface area (Å²) in [5, 5.41) is 10.6. The molecule has 3 aromatic rings. The summed E-state index contributed by atoms with van der Waals surface area (Å²) < 4.78 is 2.12. The summed E-state index contributed by atoms with van der Waals surface area (Å²) >= 11 is 1.62. The molecule has 0 aliphatic carbocycles. The number of nitrogens with two attached hydrogens (primary N) is 1. The number of fused-ring (bicyclic) bond motifs is 1. The monoisotopic (exact) mass is 272 g/mol. The third kappa shape index (κ3) is 2.05. The third-order valence-corrected chi connectivity index (χ3v) is 4.07. The van der Waals surface area contributed by atoms with Gasteiger partial charge in [-0.1, -0.05) is 17.7 Å². The minimum atomic E-state index is 0.586. The fraction of sp³-hybridized carbons (Fsp3) is 0.286. The molecular formula is C14H16N4S. The second kappa shape index (κ2) is 4.75. The van der Waals surface area contributed by atoms with Crippen LogP contribution in [0.15, 0.2) is 23.6 Å². The first kappa shape index (κ1) is 12.3.